The number of alkyl halides is 3. The summed E-state index contributed by atoms with van der Waals surface area (Å²) in [5, 5.41) is 0. The van der Waals surface area contributed by atoms with E-state index in [1.165, 1.54) is 12.3 Å². The topological polar surface area (TPSA) is 30.2 Å². The lowest BCUT2D eigenvalue weighted by Crippen LogP contribution is -2.08. The molecule has 1 aromatic heterocycles. The highest BCUT2D eigenvalue weighted by Crippen LogP contribution is 2.23. The smallest absolute Gasteiger partial charge is 0.389 e. The summed E-state index contributed by atoms with van der Waals surface area (Å²) in [5.74, 6) is 0.269. The van der Waals surface area contributed by atoms with Crippen LogP contribution < -0.4 is 0 Å². The van der Waals surface area contributed by atoms with Gasteiger partial charge in [-0.05, 0) is 19.4 Å². The minimum Gasteiger partial charge on any atom is -0.469 e. The molecule has 0 amide bonds. The number of aryl methyl sites for hydroxylation is 1. The third kappa shape index (κ3) is 4.18. The molecular weight excluding hydrogens is 209 g/mol. The van der Waals surface area contributed by atoms with Crippen molar-refractivity contribution in [3.05, 3.63) is 23.7 Å². The second kappa shape index (κ2) is 4.51. The molecule has 2 nitrogen and oxygen atoms in total. The first-order valence-electron chi connectivity index (χ1n) is 4.53. The number of hydrogen-bond donors (Lipinski definition) is 0. The molecule has 0 aliphatic carbocycles. The first-order valence-corrected chi connectivity index (χ1v) is 4.53. The normalized spacial score (nSPS) is 11.7. The van der Waals surface area contributed by atoms with Crippen LogP contribution in [0.4, 0.5) is 13.2 Å². The Morgan fingerprint density at radius 1 is 1.47 bits per heavy atom. The summed E-state index contributed by atoms with van der Waals surface area (Å²) in [5.41, 5.74) is 0.342. The van der Waals surface area contributed by atoms with Gasteiger partial charge in [-0.15, -0.1) is 0 Å². The Kier molecular flexibility index (Phi) is 3.55. The van der Waals surface area contributed by atoms with Crippen molar-refractivity contribution in [3.8, 4) is 0 Å². The molecule has 1 heterocycles. The van der Waals surface area contributed by atoms with Crippen molar-refractivity contribution in [1.29, 1.82) is 0 Å². The summed E-state index contributed by atoms with van der Waals surface area (Å²) < 4.78 is 40.2. The number of ketones is 1. The first-order chi connectivity index (χ1) is 6.88. The van der Waals surface area contributed by atoms with Crippen molar-refractivity contribution in [2.24, 2.45) is 0 Å². The number of halogens is 3. The predicted octanol–water partition coefficient (Wildman–Crippen LogP) is 3.50. The highest BCUT2D eigenvalue weighted by molar-refractivity contribution is 5.95. The standard InChI is InChI=1S/C10H11F3O2/c1-7-5-8(6-15-7)9(14)3-2-4-10(11,12)13/h5-6H,2-4H2,1H3. The van der Waals surface area contributed by atoms with Crippen LogP contribution in [0.5, 0.6) is 0 Å². The van der Waals surface area contributed by atoms with Crippen LogP contribution in [-0.2, 0) is 0 Å². The second-order valence-corrected chi connectivity index (χ2v) is 3.34. The molecular formula is C10H11F3O2. The Bertz CT molecular complexity index is 339. The highest BCUT2D eigenvalue weighted by atomic mass is 19.4. The largest absolute Gasteiger partial charge is 0.469 e. The third-order valence-electron chi connectivity index (χ3n) is 1.92. The first kappa shape index (κ1) is 11.8. The predicted molar refractivity (Wildman–Crippen MR) is 47.7 cm³/mol. The van der Waals surface area contributed by atoms with E-state index in [0.29, 0.717) is 11.3 Å². The van der Waals surface area contributed by atoms with Gasteiger partial charge in [0.2, 0.25) is 0 Å². The lowest BCUT2D eigenvalue weighted by atomic mass is 10.1. The minimum absolute atomic E-state index is 0.0987. The van der Waals surface area contributed by atoms with E-state index in [2.05, 4.69) is 0 Å². The number of carbonyl (C=O) groups excluding carboxylic acids is 1. The van der Waals surface area contributed by atoms with Crippen LogP contribution >= 0.6 is 0 Å². The van der Waals surface area contributed by atoms with Gasteiger partial charge in [-0.3, -0.25) is 4.79 Å². The molecule has 0 spiro atoms. The lowest BCUT2D eigenvalue weighted by Gasteiger charge is -2.04. The Hall–Kier alpha value is -1.26. The maximum atomic E-state index is 11.8. The molecule has 0 aliphatic heterocycles. The van der Waals surface area contributed by atoms with E-state index in [1.807, 2.05) is 0 Å². The SMILES string of the molecule is Cc1cc(C(=O)CCCC(F)(F)F)co1. The summed E-state index contributed by atoms with van der Waals surface area (Å²) in [6.07, 6.45) is -4.11. The zero-order valence-corrected chi connectivity index (χ0v) is 8.23. The molecule has 1 rings (SSSR count). The molecule has 0 radical (unpaired) electrons. The molecule has 0 bridgehead atoms. The van der Waals surface area contributed by atoms with Crippen LogP contribution in [0.25, 0.3) is 0 Å². The molecule has 84 valence electrons. The Labute approximate surface area is 85.1 Å². The number of rotatable bonds is 4. The molecule has 0 aliphatic rings. The summed E-state index contributed by atoms with van der Waals surface area (Å²) in [6.45, 7) is 1.67. The van der Waals surface area contributed by atoms with Crippen LogP contribution in [0.1, 0.15) is 35.4 Å². The maximum absolute atomic E-state index is 11.8. The van der Waals surface area contributed by atoms with Crippen molar-refractivity contribution in [2.45, 2.75) is 32.4 Å². The van der Waals surface area contributed by atoms with Crippen molar-refractivity contribution in [1.82, 2.24) is 0 Å². The molecule has 0 saturated heterocycles. The van der Waals surface area contributed by atoms with E-state index < -0.39 is 12.6 Å². The van der Waals surface area contributed by atoms with Crippen LogP contribution in [-0.4, -0.2) is 12.0 Å². The van der Waals surface area contributed by atoms with Crippen LogP contribution in [0.3, 0.4) is 0 Å². The van der Waals surface area contributed by atoms with Gasteiger partial charge in [0.15, 0.2) is 5.78 Å². The number of hydrogen-bond acceptors (Lipinski definition) is 2. The maximum Gasteiger partial charge on any atom is 0.389 e. The molecule has 15 heavy (non-hydrogen) atoms. The van der Waals surface area contributed by atoms with Crippen LogP contribution in [0.2, 0.25) is 0 Å². The van der Waals surface area contributed by atoms with E-state index in [4.69, 9.17) is 4.42 Å². The van der Waals surface area contributed by atoms with Crippen LogP contribution in [0, 0.1) is 6.92 Å². The average molecular weight is 220 g/mol. The van der Waals surface area contributed by atoms with Gasteiger partial charge in [0.05, 0.1) is 5.56 Å². The Morgan fingerprint density at radius 2 is 2.13 bits per heavy atom. The zero-order chi connectivity index (χ0) is 11.5. The molecule has 0 atom stereocenters. The molecule has 5 heteroatoms. The molecule has 0 N–H and O–H groups in total. The van der Waals surface area contributed by atoms with E-state index in [1.54, 1.807) is 6.92 Å². The average Bonchev–Trinajstić information content (AvgIpc) is 2.49. The monoisotopic (exact) mass is 220 g/mol. The minimum atomic E-state index is -4.19. The fourth-order valence-electron chi connectivity index (χ4n) is 1.18. The van der Waals surface area contributed by atoms with Gasteiger partial charge < -0.3 is 4.42 Å². The third-order valence-corrected chi connectivity index (χ3v) is 1.92. The van der Waals surface area contributed by atoms with E-state index in [-0.39, 0.29) is 18.6 Å². The van der Waals surface area contributed by atoms with Gasteiger partial charge in [0, 0.05) is 12.8 Å². The zero-order valence-electron chi connectivity index (χ0n) is 8.23. The van der Waals surface area contributed by atoms with E-state index >= 15 is 0 Å². The fourth-order valence-corrected chi connectivity index (χ4v) is 1.18. The van der Waals surface area contributed by atoms with E-state index in [0.717, 1.165) is 0 Å². The van der Waals surface area contributed by atoms with Crippen molar-refractivity contribution < 1.29 is 22.4 Å². The van der Waals surface area contributed by atoms with Crippen molar-refractivity contribution in [3.63, 3.8) is 0 Å². The second-order valence-electron chi connectivity index (χ2n) is 3.34. The number of furan rings is 1. The number of carbonyl (C=O) groups is 1. The summed E-state index contributed by atoms with van der Waals surface area (Å²) in [6, 6.07) is 1.52. The molecule has 1 aromatic rings. The van der Waals surface area contributed by atoms with Gasteiger partial charge in [-0.2, -0.15) is 13.2 Å². The van der Waals surface area contributed by atoms with Gasteiger partial charge in [-0.25, -0.2) is 0 Å². The molecule has 0 aromatic carbocycles. The molecule has 0 unspecified atom stereocenters. The van der Waals surface area contributed by atoms with Gasteiger partial charge in [-0.1, -0.05) is 0 Å². The summed E-state index contributed by atoms with van der Waals surface area (Å²) in [7, 11) is 0. The van der Waals surface area contributed by atoms with Gasteiger partial charge in [0.25, 0.3) is 0 Å². The Balaban J connectivity index is 2.37. The lowest BCUT2D eigenvalue weighted by molar-refractivity contribution is -0.135. The van der Waals surface area contributed by atoms with E-state index in [9.17, 15) is 18.0 Å². The summed E-state index contributed by atoms with van der Waals surface area (Å²) in [4.78, 5) is 11.3. The fraction of sp³-hybridized carbons (Fsp3) is 0.500. The summed E-state index contributed by atoms with van der Waals surface area (Å²) >= 11 is 0. The molecule has 0 saturated carbocycles. The quantitative estimate of drug-likeness (QED) is 0.727. The number of Topliss-reactive ketones (excluding diaryl/α,β-unsaturated/α-hetero) is 1. The van der Waals surface area contributed by atoms with Gasteiger partial charge >= 0.3 is 6.18 Å². The van der Waals surface area contributed by atoms with Crippen molar-refractivity contribution in [2.75, 3.05) is 0 Å². The molecule has 0 fully saturated rings. The highest BCUT2D eigenvalue weighted by Gasteiger charge is 2.26. The van der Waals surface area contributed by atoms with Crippen LogP contribution in [0.15, 0.2) is 16.7 Å². The van der Waals surface area contributed by atoms with Crippen molar-refractivity contribution >= 4 is 5.78 Å². The Morgan fingerprint density at radius 3 is 2.60 bits per heavy atom. The van der Waals surface area contributed by atoms with Gasteiger partial charge in [0.1, 0.15) is 12.0 Å².